The van der Waals surface area contributed by atoms with Crippen molar-refractivity contribution in [1.29, 1.82) is 0 Å². The average molecular weight is 465 g/mol. The molecule has 0 bridgehead atoms. The first-order chi connectivity index (χ1) is 16.5. The van der Waals surface area contributed by atoms with Gasteiger partial charge >= 0.3 is 18.0 Å². The molecule has 1 aliphatic rings. The van der Waals surface area contributed by atoms with Crippen molar-refractivity contribution in [3.63, 3.8) is 0 Å². The van der Waals surface area contributed by atoms with Gasteiger partial charge in [-0.25, -0.2) is 14.4 Å². The molecule has 1 heterocycles. The highest BCUT2D eigenvalue weighted by Gasteiger charge is 2.37. The zero-order valence-corrected chi connectivity index (χ0v) is 19.5. The van der Waals surface area contributed by atoms with E-state index in [1.807, 2.05) is 30.3 Å². The van der Waals surface area contributed by atoms with E-state index < -0.39 is 24.2 Å². The van der Waals surface area contributed by atoms with E-state index in [4.69, 9.17) is 14.2 Å². The van der Waals surface area contributed by atoms with Crippen LogP contribution in [0.1, 0.15) is 26.3 Å². The topological polar surface area (TPSA) is 85.4 Å². The van der Waals surface area contributed by atoms with Crippen LogP contribution >= 0.6 is 0 Å². The SMILES string of the molecule is CCOC(=O)/C=C(\C(=O)OCC)N1c2ccccc2C=CC1N(C(=O)OCC)c1ccccc1. The highest BCUT2D eigenvalue weighted by molar-refractivity contribution is 6.02. The zero-order chi connectivity index (χ0) is 24.5. The smallest absolute Gasteiger partial charge is 0.416 e. The molecule has 8 nitrogen and oxygen atoms in total. The summed E-state index contributed by atoms with van der Waals surface area (Å²) in [4.78, 5) is 41.7. The van der Waals surface area contributed by atoms with Crippen LogP contribution in [0.5, 0.6) is 0 Å². The number of ether oxygens (including phenoxy) is 3. The van der Waals surface area contributed by atoms with Crippen LogP contribution in [-0.4, -0.2) is 44.0 Å². The molecule has 2 aromatic carbocycles. The van der Waals surface area contributed by atoms with Gasteiger partial charge in [0.2, 0.25) is 0 Å². The molecule has 0 N–H and O–H groups in total. The number of hydrogen-bond donors (Lipinski definition) is 0. The van der Waals surface area contributed by atoms with Crippen LogP contribution in [0.3, 0.4) is 0 Å². The summed E-state index contributed by atoms with van der Waals surface area (Å²) in [6.07, 6.45) is 3.29. The number of fused-ring (bicyclic) bond motifs is 1. The maximum Gasteiger partial charge on any atom is 0.416 e. The van der Waals surface area contributed by atoms with Crippen molar-refractivity contribution < 1.29 is 28.6 Å². The summed E-state index contributed by atoms with van der Waals surface area (Å²) in [5.74, 6) is -1.42. The second-order valence-corrected chi connectivity index (χ2v) is 7.11. The first-order valence-corrected chi connectivity index (χ1v) is 11.1. The van der Waals surface area contributed by atoms with Crippen molar-refractivity contribution in [2.24, 2.45) is 0 Å². The fourth-order valence-electron chi connectivity index (χ4n) is 3.62. The molecule has 8 heteroatoms. The summed E-state index contributed by atoms with van der Waals surface area (Å²) >= 11 is 0. The van der Waals surface area contributed by atoms with Gasteiger partial charge in [-0.15, -0.1) is 0 Å². The van der Waals surface area contributed by atoms with Gasteiger partial charge in [-0.2, -0.15) is 0 Å². The fourth-order valence-corrected chi connectivity index (χ4v) is 3.62. The van der Waals surface area contributed by atoms with E-state index in [1.165, 1.54) is 4.90 Å². The van der Waals surface area contributed by atoms with Gasteiger partial charge in [0, 0.05) is 5.69 Å². The van der Waals surface area contributed by atoms with Crippen molar-refractivity contribution in [3.05, 3.63) is 78.0 Å². The first-order valence-electron chi connectivity index (χ1n) is 11.1. The summed E-state index contributed by atoms with van der Waals surface area (Å²) in [5.41, 5.74) is 1.91. The number of amides is 1. The Kier molecular flexibility index (Phi) is 8.45. The predicted octanol–water partition coefficient (Wildman–Crippen LogP) is 4.52. The highest BCUT2D eigenvalue weighted by atomic mass is 16.6. The second kappa shape index (κ2) is 11.7. The van der Waals surface area contributed by atoms with E-state index in [9.17, 15) is 14.4 Å². The third-order valence-electron chi connectivity index (χ3n) is 4.96. The molecule has 0 saturated carbocycles. The number of rotatable bonds is 8. The summed E-state index contributed by atoms with van der Waals surface area (Å²) in [5, 5.41) is 0. The molecule has 0 aromatic heterocycles. The molecule has 34 heavy (non-hydrogen) atoms. The molecule has 0 spiro atoms. The lowest BCUT2D eigenvalue weighted by atomic mass is 10.0. The molecular weight excluding hydrogens is 436 g/mol. The summed E-state index contributed by atoms with van der Waals surface area (Å²) in [7, 11) is 0. The van der Waals surface area contributed by atoms with Gasteiger partial charge in [0.1, 0.15) is 11.9 Å². The Hall–Kier alpha value is -4.07. The lowest BCUT2D eigenvalue weighted by molar-refractivity contribution is -0.141. The summed E-state index contributed by atoms with van der Waals surface area (Å²) < 4.78 is 15.7. The number of benzene rings is 2. The van der Waals surface area contributed by atoms with Crippen LogP contribution in [0.15, 0.2) is 72.4 Å². The Balaban J connectivity index is 2.22. The van der Waals surface area contributed by atoms with E-state index in [-0.39, 0.29) is 25.5 Å². The lowest BCUT2D eigenvalue weighted by Gasteiger charge is -2.41. The van der Waals surface area contributed by atoms with Gasteiger partial charge in [-0.3, -0.25) is 4.90 Å². The minimum absolute atomic E-state index is 0.0627. The third-order valence-corrected chi connectivity index (χ3v) is 4.96. The number of carbonyl (C=O) groups is 3. The van der Waals surface area contributed by atoms with Gasteiger partial charge in [-0.05, 0) is 50.6 Å². The van der Waals surface area contributed by atoms with Crippen LogP contribution in [0.4, 0.5) is 16.2 Å². The van der Waals surface area contributed by atoms with Crippen LogP contribution in [0.25, 0.3) is 6.08 Å². The molecule has 1 atom stereocenters. The molecule has 178 valence electrons. The van der Waals surface area contributed by atoms with Gasteiger partial charge in [0.15, 0.2) is 0 Å². The minimum Gasteiger partial charge on any atom is -0.463 e. The van der Waals surface area contributed by atoms with Crippen molar-refractivity contribution in [1.82, 2.24) is 0 Å². The van der Waals surface area contributed by atoms with E-state index in [2.05, 4.69) is 0 Å². The molecule has 0 aliphatic carbocycles. The number of carbonyl (C=O) groups excluding carboxylic acids is 3. The Morgan fingerprint density at radius 3 is 2.21 bits per heavy atom. The third kappa shape index (κ3) is 5.46. The van der Waals surface area contributed by atoms with Crippen LogP contribution in [-0.2, 0) is 23.8 Å². The van der Waals surface area contributed by atoms with E-state index in [0.29, 0.717) is 11.4 Å². The monoisotopic (exact) mass is 464 g/mol. The van der Waals surface area contributed by atoms with Crippen LogP contribution in [0.2, 0.25) is 0 Å². The number of nitrogens with zero attached hydrogens (tertiary/aromatic N) is 2. The second-order valence-electron chi connectivity index (χ2n) is 7.11. The Morgan fingerprint density at radius 2 is 1.53 bits per heavy atom. The number of anilines is 2. The molecule has 1 amide bonds. The minimum atomic E-state index is -0.832. The van der Waals surface area contributed by atoms with Gasteiger partial charge in [0.25, 0.3) is 0 Å². The van der Waals surface area contributed by atoms with Gasteiger partial charge in [0.05, 0.1) is 31.6 Å². The van der Waals surface area contributed by atoms with Crippen molar-refractivity contribution in [2.45, 2.75) is 26.9 Å². The predicted molar refractivity (Wildman–Crippen MR) is 129 cm³/mol. The Bertz CT molecular complexity index is 1080. The van der Waals surface area contributed by atoms with Gasteiger partial charge < -0.3 is 19.1 Å². The quantitative estimate of drug-likeness (QED) is 0.323. The standard InChI is InChI=1S/C26H28N2O6/c1-4-32-24(29)18-22(25(30)33-5-2)28-21-15-11-10-12-19(21)16-17-23(28)27(26(31)34-6-3)20-13-8-7-9-14-20/h7-18,23H,4-6H2,1-3H3/b22-18+. The number of para-hydroxylation sites is 2. The zero-order valence-electron chi connectivity index (χ0n) is 19.5. The molecule has 0 saturated heterocycles. The molecule has 3 rings (SSSR count). The van der Waals surface area contributed by atoms with Crippen LogP contribution < -0.4 is 9.80 Å². The van der Waals surface area contributed by atoms with E-state index in [0.717, 1.165) is 11.6 Å². The largest absolute Gasteiger partial charge is 0.463 e. The molecule has 0 radical (unpaired) electrons. The maximum atomic E-state index is 13.2. The molecule has 0 fully saturated rings. The average Bonchev–Trinajstić information content (AvgIpc) is 2.84. The van der Waals surface area contributed by atoms with Crippen LogP contribution in [0, 0.1) is 0 Å². The fraction of sp³-hybridized carbons (Fsp3) is 0.269. The molecule has 1 aliphatic heterocycles. The summed E-state index contributed by atoms with van der Waals surface area (Å²) in [6, 6.07) is 16.3. The number of hydrogen-bond acceptors (Lipinski definition) is 7. The lowest BCUT2D eigenvalue weighted by Crippen LogP contribution is -2.52. The Labute approximate surface area is 199 Å². The maximum absolute atomic E-state index is 13.2. The van der Waals surface area contributed by atoms with Crippen molar-refractivity contribution in [2.75, 3.05) is 29.6 Å². The van der Waals surface area contributed by atoms with E-state index in [1.54, 1.807) is 62.1 Å². The molecule has 1 unspecified atom stereocenters. The van der Waals surface area contributed by atoms with Crippen molar-refractivity contribution >= 4 is 35.5 Å². The Morgan fingerprint density at radius 1 is 0.882 bits per heavy atom. The molecular formula is C26H28N2O6. The highest BCUT2D eigenvalue weighted by Crippen LogP contribution is 2.36. The van der Waals surface area contributed by atoms with Crippen molar-refractivity contribution in [3.8, 4) is 0 Å². The first kappa shape index (κ1) is 24.6. The normalized spacial score (nSPS) is 14.7. The molecule has 2 aromatic rings. The van der Waals surface area contributed by atoms with Gasteiger partial charge in [-0.1, -0.05) is 42.5 Å². The van der Waals surface area contributed by atoms with E-state index >= 15 is 0 Å². The number of esters is 2. The summed E-state index contributed by atoms with van der Waals surface area (Å²) in [6.45, 7) is 5.49.